The standard InChI is InChI=1S/C75H51N2/c1-5-17-54(18-6-1)29-33-58-45-59(34-30-55-19-7-2-8-20-55)48-68(47-58)62-37-41-64(42-38-62)72-51-66-25-13-15-27-70(66)74-75-71-28-16-14-26-67(71)52-73(77(75)53-76(72)74)65-43-39-63(40-44-65)69-49-60(35-31-56-21-9-3-10-22-56)46-61(50-69)36-32-57-23-11-4-12-24-57/h1-28,37-50,53,72-75H,51-52H2/q+1/t72-,73-,74-,75-/m1/s1. The van der Waals surface area contributed by atoms with Crippen LogP contribution in [0.1, 0.15) is 102 Å². The van der Waals surface area contributed by atoms with Crippen LogP contribution in [0, 0.1) is 47.4 Å². The SMILES string of the molecule is C(#Cc1cc(C#Cc2ccccc2)cc(-c2ccc([C@H]3Cc4ccccc4[C@@H]4[C@H]5c6ccccc6C[C@H](c6ccc(-c7cc(C#Cc8ccccc8)cc(C#Cc8ccccc8)c7)cc6)[N+]5=CN34)cc2)c1)c1ccccc1. The Morgan fingerprint density at radius 3 is 1.12 bits per heavy atom. The Morgan fingerprint density at radius 2 is 0.675 bits per heavy atom. The van der Waals surface area contributed by atoms with E-state index in [-0.39, 0.29) is 24.2 Å². The fourth-order valence-corrected chi connectivity index (χ4v) is 11.4. The molecule has 13 rings (SSSR count). The van der Waals surface area contributed by atoms with Gasteiger partial charge in [-0.3, -0.25) is 0 Å². The van der Waals surface area contributed by atoms with Crippen molar-refractivity contribution in [2.24, 2.45) is 0 Å². The summed E-state index contributed by atoms with van der Waals surface area (Å²) in [5.41, 5.74) is 20.4. The molecule has 360 valence electrons. The highest BCUT2D eigenvalue weighted by atomic mass is 15.4. The lowest BCUT2D eigenvalue weighted by Crippen LogP contribution is -2.37. The summed E-state index contributed by atoms with van der Waals surface area (Å²) in [6.07, 6.45) is 4.32. The zero-order chi connectivity index (χ0) is 51.3. The smallest absolute Gasteiger partial charge is 0.236 e. The van der Waals surface area contributed by atoms with E-state index in [0.717, 1.165) is 79.6 Å². The van der Waals surface area contributed by atoms with Gasteiger partial charge in [-0.25, -0.2) is 9.48 Å². The molecule has 77 heavy (non-hydrogen) atoms. The molecule has 0 bridgehead atoms. The lowest BCUT2D eigenvalue weighted by atomic mass is 9.78. The monoisotopic (exact) mass is 979 g/mol. The van der Waals surface area contributed by atoms with Crippen molar-refractivity contribution in [2.75, 3.05) is 0 Å². The average Bonchev–Trinajstić information content (AvgIpc) is 4.12. The first-order chi connectivity index (χ1) is 38.1. The highest BCUT2D eigenvalue weighted by molar-refractivity contribution is 5.71. The summed E-state index contributed by atoms with van der Waals surface area (Å²) in [4.78, 5) is 2.68. The summed E-state index contributed by atoms with van der Waals surface area (Å²) in [6.45, 7) is 0. The van der Waals surface area contributed by atoms with Gasteiger partial charge in [-0.2, -0.15) is 0 Å². The molecular formula is C75H51N2+. The molecule has 0 unspecified atom stereocenters. The number of nitrogens with zero attached hydrogens (tertiary/aromatic N) is 2. The van der Waals surface area contributed by atoms with E-state index >= 15 is 0 Å². The van der Waals surface area contributed by atoms with E-state index in [4.69, 9.17) is 0 Å². The summed E-state index contributed by atoms with van der Waals surface area (Å²) in [7, 11) is 0. The van der Waals surface area contributed by atoms with Crippen molar-refractivity contribution in [1.29, 1.82) is 0 Å². The Labute approximate surface area is 452 Å². The van der Waals surface area contributed by atoms with Crippen LogP contribution in [0.4, 0.5) is 0 Å². The van der Waals surface area contributed by atoms with Crippen LogP contribution in [0.3, 0.4) is 0 Å². The Kier molecular flexibility index (Phi) is 12.7. The van der Waals surface area contributed by atoms with Crippen LogP contribution < -0.4 is 0 Å². The van der Waals surface area contributed by atoms with Crippen molar-refractivity contribution >= 4 is 6.34 Å². The van der Waals surface area contributed by atoms with Gasteiger partial charge in [-0.05, 0) is 129 Å². The van der Waals surface area contributed by atoms with E-state index in [2.05, 4.69) is 197 Å². The second kappa shape index (κ2) is 21.0. The highest BCUT2D eigenvalue weighted by Crippen LogP contribution is 2.54. The number of fused-ring (bicyclic) bond motifs is 7. The molecule has 3 aliphatic heterocycles. The molecule has 10 aromatic rings. The first-order valence-electron chi connectivity index (χ1n) is 26.5. The molecule has 2 nitrogen and oxygen atoms in total. The van der Waals surface area contributed by atoms with Gasteiger partial charge in [0.15, 0.2) is 12.1 Å². The minimum atomic E-state index is 0.133. The van der Waals surface area contributed by atoms with Crippen LogP contribution in [0.15, 0.2) is 255 Å². The second-order valence-electron chi connectivity index (χ2n) is 20.0. The summed E-state index contributed by atoms with van der Waals surface area (Å²) < 4.78 is 2.68. The zero-order valence-electron chi connectivity index (χ0n) is 42.4. The van der Waals surface area contributed by atoms with Crippen molar-refractivity contribution in [1.82, 2.24) is 4.90 Å². The molecule has 4 atom stereocenters. The predicted molar refractivity (Wildman–Crippen MR) is 313 cm³/mol. The first kappa shape index (κ1) is 46.7. The van der Waals surface area contributed by atoms with E-state index < -0.39 is 0 Å². The number of hydrogen-bond donors (Lipinski definition) is 0. The Morgan fingerprint density at radius 1 is 0.312 bits per heavy atom. The maximum atomic E-state index is 3.44. The third kappa shape index (κ3) is 10.0. The molecule has 0 spiro atoms. The third-order valence-corrected chi connectivity index (χ3v) is 15.1. The van der Waals surface area contributed by atoms with E-state index in [0.29, 0.717) is 0 Å². The van der Waals surface area contributed by atoms with Crippen LogP contribution in [0.2, 0.25) is 0 Å². The molecule has 3 heterocycles. The topological polar surface area (TPSA) is 6.25 Å². The summed E-state index contributed by atoms with van der Waals surface area (Å²) >= 11 is 0. The third-order valence-electron chi connectivity index (χ3n) is 15.1. The fraction of sp³-hybridized carbons (Fsp3) is 0.0800. The average molecular weight is 980 g/mol. The molecule has 0 saturated carbocycles. The largest absolute Gasteiger partial charge is 0.249 e. The Bertz CT molecular complexity index is 3960. The molecule has 3 aliphatic rings. The van der Waals surface area contributed by atoms with E-state index in [1.165, 1.54) is 33.4 Å². The maximum absolute atomic E-state index is 3.44. The van der Waals surface area contributed by atoms with Gasteiger partial charge in [-0.1, -0.05) is 217 Å². The molecule has 2 heteroatoms. The predicted octanol–water partition coefficient (Wildman–Crippen LogP) is 15.4. The van der Waals surface area contributed by atoms with Gasteiger partial charge in [0.05, 0.1) is 0 Å². The highest BCUT2D eigenvalue weighted by Gasteiger charge is 2.54. The Hall–Kier alpha value is -10.1. The molecule has 0 aromatic heterocycles. The molecule has 0 radical (unpaired) electrons. The van der Waals surface area contributed by atoms with E-state index in [9.17, 15) is 0 Å². The summed E-state index contributed by atoms with van der Waals surface area (Å²) in [5.74, 6) is 27.3. The van der Waals surface area contributed by atoms with Crippen molar-refractivity contribution in [2.45, 2.75) is 37.0 Å². The van der Waals surface area contributed by atoms with Gasteiger partial charge in [0, 0.05) is 68.5 Å². The van der Waals surface area contributed by atoms with Gasteiger partial charge in [0.2, 0.25) is 6.34 Å². The van der Waals surface area contributed by atoms with Crippen molar-refractivity contribution in [3.8, 4) is 69.6 Å². The number of rotatable bonds is 4. The molecule has 0 saturated heterocycles. The molecule has 0 amide bonds. The number of hydrogen-bond acceptors (Lipinski definition) is 1. The van der Waals surface area contributed by atoms with E-state index in [1.54, 1.807) is 0 Å². The normalized spacial score (nSPS) is 16.4. The molecular weight excluding hydrogens is 929 g/mol. The van der Waals surface area contributed by atoms with Gasteiger partial charge < -0.3 is 0 Å². The second-order valence-corrected chi connectivity index (χ2v) is 20.0. The van der Waals surface area contributed by atoms with Crippen LogP contribution in [-0.2, 0) is 12.8 Å². The van der Waals surface area contributed by atoms with Gasteiger partial charge >= 0.3 is 0 Å². The summed E-state index contributed by atoms with van der Waals surface area (Å²) in [6, 6.07) is 91.0. The number of benzene rings is 10. The van der Waals surface area contributed by atoms with Gasteiger partial charge in [-0.15, -0.1) is 0 Å². The molecule has 0 aliphatic carbocycles. The molecule has 10 aromatic carbocycles. The molecule has 0 fully saturated rings. The van der Waals surface area contributed by atoms with Crippen LogP contribution >= 0.6 is 0 Å². The van der Waals surface area contributed by atoms with Crippen LogP contribution in [-0.4, -0.2) is 15.8 Å². The summed E-state index contributed by atoms with van der Waals surface area (Å²) in [5, 5.41) is 0. The maximum Gasteiger partial charge on any atom is 0.236 e. The fourth-order valence-electron chi connectivity index (χ4n) is 11.4. The minimum Gasteiger partial charge on any atom is -0.249 e. The lowest BCUT2D eigenvalue weighted by molar-refractivity contribution is -0.609. The minimum absolute atomic E-state index is 0.133. The van der Waals surface area contributed by atoms with Crippen molar-refractivity contribution < 1.29 is 4.58 Å². The zero-order valence-corrected chi connectivity index (χ0v) is 42.4. The molecule has 0 N–H and O–H groups in total. The van der Waals surface area contributed by atoms with Gasteiger partial charge in [0.1, 0.15) is 12.1 Å². The van der Waals surface area contributed by atoms with Crippen molar-refractivity contribution in [3.05, 3.63) is 333 Å². The van der Waals surface area contributed by atoms with Crippen LogP contribution in [0.5, 0.6) is 0 Å². The van der Waals surface area contributed by atoms with Crippen LogP contribution in [0.25, 0.3) is 22.3 Å². The Balaban J connectivity index is 0.845. The van der Waals surface area contributed by atoms with Gasteiger partial charge in [0.25, 0.3) is 0 Å². The van der Waals surface area contributed by atoms with Crippen molar-refractivity contribution in [3.63, 3.8) is 0 Å². The first-order valence-corrected chi connectivity index (χ1v) is 26.5. The van der Waals surface area contributed by atoms with E-state index in [1.807, 2.05) is 121 Å². The lowest BCUT2D eigenvalue weighted by Gasteiger charge is -2.37. The quantitative estimate of drug-likeness (QED) is 0.126.